The summed E-state index contributed by atoms with van der Waals surface area (Å²) in [6, 6.07) is 8.05. The molecule has 2 fully saturated rings. The number of nitriles is 3. The maximum absolute atomic E-state index is 9.98. The van der Waals surface area contributed by atoms with Crippen LogP contribution in [0.25, 0.3) is 0 Å². The molecule has 6 nitrogen and oxygen atoms in total. The number of rotatable bonds is 2. The average molecular weight is 340 g/mol. The summed E-state index contributed by atoms with van der Waals surface area (Å²) in [7, 11) is 0. The van der Waals surface area contributed by atoms with E-state index < -0.39 is 28.6 Å². The predicted molar refractivity (Wildman–Crippen MR) is 85.6 cm³/mol. The molecular formula is C17H16N4O2S. The highest BCUT2D eigenvalue weighted by atomic mass is 32.1. The van der Waals surface area contributed by atoms with Gasteiger partial charge >= 0.3 is 0 Å². The number of thiophene rings is 1. The molecule has 24 heavy (non-hydrogen) atoms. The zero-order chi connectivity index (χ0) is 17.8. The maximum atomic E-state index is 9.98. The fourth-order valence-corrected chi connectivity index (χ4v) is 4.95. The molecule has 0 radical (unpaired) electrons. The summed E-state index contributed by atoms with van der Waals surface area (Å²) in [6.07, 6.45) is -0.528. The Bertz CT molecular complexity index is 828. The lowest BCUT2D eigenvalue weighted by Crippen LogP contribution is -2.58. The van der Waals surface area contributed by atoms with Gasteiger partial charge < -0.3 is 9.47 Å². The van der Waals surface area contributed by atoms with Gasteiger partial charge in [-0.1, -0.05) is 13.8 Å². The minimum Gasteiger partial charge on any atom is -0.447 e. The second kappa shape index (κ2) is 5.05. The molecule has 3 rings (SSSR count). The van der Waals surface area contributed by atoms with Gasteiger partial charge in [0.25, 0.3) is 0 Å². The van der Waals surface area contributed by atoms with Gasteiger partial charge in [0.05, 0.1) is 24.1 Å². The van der Waals surface area contributed by atoms with Crippen LogP contribution in [0.4, 0.5) is 0 Å². The third kappa shape index (κ3) is 1.53. The molecule has 2 bridgehead atoms. The molecule has 1 aromatic heterocycles. The normalized spacial score (nSPS) is 36.2. The number of ether oxygens (including phenoxy) is 2. The molecule has 2 aliphatic heterocycles. The Morgan fingerprint density at radius 2 is 1.96 bits per heavy atom. The summed E-state index contributed by atoms with van der Waals surface area (Å²) in [4.78, 5) is 0.723. The van der Waals surface area contributed by atoms with E-state index in [1.165, 1.54) is 11.3 Å². The fourth-order valence-electron chi connectivity index (χ4n) is 3.93. The smallest absolute Gasteiger partial charge is 0.217 e. The molecule has 1 N–H and O–H groups in total. The molecule has 4 unspecified atom stereocenters. The molecule has 2 aliphatic rings. The molecule has 7 heteroatoms. The third-order valence-corrected chi connectivity index (χ3v) is 6.50. The number of nitrogens with zero attached hydrogens (tertiary/aromatic N) is 3. The van der Waals surface area contributed by atoms with E-state index in [2.05, 4.69) is 6.07 Å². The van der Waals surface area contributed by atoms with Crippen molar-refractivity contribution >= 4 is 17.2 Å². The van der Waals surface area contributed by atoms with Crippen LogP contribution in [0.2, 0.25) is 0 Å². The molecule has 0 saturated carbocycles. The van der Waals surface area contributed by atoms with Crippen molar-refractivity contribution < 1.29 is 9.47 Å². The van der Waals surface area contributed by atoms with Crippen molar-refractivity contribution in [2.45, 2.75) is 39.1 Å². The molecule has 3 heterocycles. The number of hydrogen-bond acceptors (Lipinski definition) is 7. The Labute approximate surface area is 144 Å². The van der Waals surface area contributed by atoms with Crippen LogP contribution in [0.5, 0.6) is 0 Å². The SMILES string of the molecule is CCC12OC(=N)C(C#N)(C1C)C(C#N)(C#N)C(c1sccc1C)O2. The second-order valence-electron chi connectivity index (χ2n) is 6.24. The van der Waals surface area contributed by atoms with Crippen LogP contribution in [-0.2, 0) is 9.47 Å². The van der Waals surface area contributed by atoms with Crippen LogP contribution in [-0.4, -0.2) is 11.7 Å². The quantitative estimate of drug-likeness (QED) is 0.886. The zero-order valence-electron chi connectivity index (χ0n) is 13.6. The first kappa shape index (κ1) is 16.5. The van der Waals surface area contributed by atoms with Gasteiger partial charge in [0.15, 0.2) is 5.41 Å². The Hall–Kier alpha value is -2.40. The predicted octanol–water partition coefficient (Wildman–Crippen LogP) is 3.42. The van der Waals surface area contributed by atoms with Crippen LogP contribution in [0.3, 0.4) is 0 Å². The van der Waals surface area contributed by atoms with Gasteiger partial charge in [0, 0.05) is 11.3 Å². The summed E-state index contributed by atoms with van der Waals surface area (Å²) in [6.45, 7) is 5.44. The van der Waals surface area contributed by atoms with Crippen LogP contribution >= 0.6 is 11.3 Å². The second-order valence-corrected chi connectivity index (χ2v) is 7.18. The van der Waals surface area contributed by atoms with Crippen molar-refractivity contribution in [3.8, 4) is 18.2 Å². The summed E-state index contributed by atoms with van der Waals surface area (Å²) in [5, 5.41) is 40.0. The van der Waals surface area contributed by atoms with Gasteiger partial charge in [-0.2, -0.15) is 15.8 Å². The molecule has 1 aromatic rings. The van der Waals surface area contributed by atoms with Crippen molar-refractivity contribution in [2.75, 3.05) is 0 Å². The fraction of sp³-hybridized carbons (Fsp3) is 0.529. The van der Waals surface area contributed by atoms with Crippen LogP contribution in [0.15, 0.2) is 11.4 Å². The van der Waals surface area contributed by atoms with E-state index in [-0.39, 0.29) is 5.90 Å². The minimum absolute atomic E-state index is 0.348. The Morgan fingerprint density at radius 3 is 2.42 bits per heavy atom. The van der Waals surface area contributed by atoms with Crippen molar-refractivity contribution in [2.24, 2.45) is 16.7 Å². The van der Waals surface area contributed by atoms with Gasteiger partial charge in [0.2, 0.25) is 17.1 Å². The molecule has 0 spiro atoms. The lowest BCUT2D eigenvalue weighted by molar-refractivity contribution is -0.279. The van der Waals surface area contributed by atoms with Crippen molar-refractivity contribution in [1.82, 2.24) is 0 Å². The minimum atomic E-state index is -1.84. The highest BCUT2D eigenvalue weighted by Gasteiger charge is 2.79. The summed E-state index contributed by atoms with van der Waals surface area (Å²) in [5.41, 5.74) is -2.62. The average Bonchev–Trinajstić information content (AvgIpc) is 3.07. The van der Waals surface area contributed by atoms with Gasteiger partial charge in [-0.05, 0) is 23.9 Å². The molecule has 0 aromatic carbocycles. The van der Waals surface area contributed by atoms with Crippen LogP contribution < -0.4 is 0 Å². The van der Waals surface area contributed by atoms with Crippen molar-refractivity contribution in [3.05, 3.63) is 21.9 Å². The molecule has 2 saturated heterocycles. The number of aryl methyl sites for hydroxylation is 1. The maximum Gasteiger partial charge on any atom is 0.217 e. The Balaban J connectivity index is 2.36. The molecule has 0 aliphatic carbocycles. The molecule has 0 amide bonds. The highest BCUT2D eigenvalue weighted by Crippen LogP contribution is 2.67. The van der Waals surface area contributed by atoms with Crippen molar-refractivity contribution in [1.29, 1.82) is 21.2 Å². The molecule has 4 atom stereocenters. The first-order chi connectivity index (χ1) is 11.4. The third-order valence-electron chi connectivity index (χ3n) is 5.44. The lowest BCUT2D eigenvalue weighted by Gasteiger charge is -2.48. The zero-order valence-corrected chi connectivity index (χ0v) is 14.4. The van der Waals surface area contributed by atoms with Crippen LogP contribution in [0, 0.1) is 63.1 Å². The van der Waals surface area contributed by atoms with Gasteiger partial charge in [0.1, 0.15) is 6.10 Å². The first-order valence-electron chi connectivity index (χ1n) is 7.62. The number of nitrogens with one attached hydrogen (secondary N) is 1. The largest absolute Gasteiger partial charge is 0.447 e. The van der Waals surface area contributed by atoms with Gasteiger partial charge in [-0.25, -0.2) is 0 Å². The number of hydrogen-bond donors (Lipinski definition) is 1. The van der Waals surface area contributed by atoms with Crippen molar-refractivity contribution in [3.63, 3.8) is 0 Å². The van der Waals surface area contributed by atoms with E-state index in [4.69, 9.17) is 14.9 Å². The molecule has 122 valence electrons. The van der Waals surface area contributed by atoms with E-state index in [0.29, 0.717) is 6.42 Å². The lowest BCUT2D eigenvalue weighted by atomic mass is 9.54. The van der Waals surface area contributed by atoms with Crippen LogP contribution in [0.1, 0.15) is 36.8 Å². The monoisotopic (exact) mass is 340 g/mol. The van der Waals surface area contributed by atoms with E-state index in [9.17, 15) is 15.8 Å². The van der Waals surface area contributed by atoms with E-state index >= 15 is 0 Å². The number of fused-ring (bicyclic) bond motifs is 2. The Kier molecular flexibility index (Phi) is 3.46. The standard InChI is InChI=1S/C17H16N4O2S/c1-4-17-11(3)16(9-20,14(21)23-17)15(7-18,8-19)13(22-17)12-10(2)5-6-24-12/h5-6,11,13,21H,4H2,1-3H3. The van der Waals surface area contributed by atoms with Gasteiger partial charge in [-0.3, -0.25) is 5.41 Å². The van der Waals surface area contributed by atoms with E-state index in [0.717, 1.165) is 10.4 Å². The van der Waals surface area contributed by atoms with E-state index in [1.807, 2.05) is 37.4 Å². The molecular weight excluding hydrogens is 324 g/mol. The summed E-state index contributed by atoms with van der Waals surface area (Å²) >= 11 is 1.38. The highest BCUT2D eigenvalue weighted by molar-refractivity contribution is 7.10. The Morgan fingerprint density at radius 1 is 1.29 bits per heavy atom. The van der Waals surface area contributed by atoms with Gasteiger partial charge in [-0.15, -0.1) is 11.3 Å². The van der Waals surface area contributed by atoms with E-state index in [1.54, 1.807) is 6.92 Å². The first-order valence-corrected chi connectivity index (χ1v) is 8.50. The topological polar surface area (TPSA) is 114 Å². The summed E-state index contributed by atoms with van der Waals surface area (Å²) < 4.78 is 11.9. The summed E-state index contributed by atoms with van der Waals surface area (Å²) in [5.74, 6) is -2.13.